The third kappa shape index (κ3) is 3.52. The van der Waals surface area contributed by atoms with Gasteiger partial charge in [-0.2, -0.15) is 0 Å². The molecule has 25 heavy (non-hydrogen) atoms. The van der Waals surface area contributed by atoms with E-state index in [-0.39, 0.29) is 0 Å². The fraction of sp³-hybridized carbons (Fsp3) is 0.833. The van der Waals surface area contributed by atoms with E-state index in [1.165, 1.54) is 38.5 Å². The van der Waals surface area contributed by atoms with E-state index in [4.69, 9.17) is 9.73 Å². The summed E-state index contributed by atoms with van der Waals surface area (Å²) in [4.78, 5) is 7.38. The first-order chi connectivity index (χ1) is 12.2. The van der Waals surface area contributed by atoms with Gasteiger partial charge in [-0.3, -0.25) is 0 Å². The van der Waals surface area contributed by atoms with Crippen molar-refractivity contribution >= 4 is 5.96 Å². The summed E-state index contributed by atoms with van der Waals surface area (Å²) < 4.78 is 7.70. The van der Waals surface area contributed by atoms with Crippen LogP contribution in [0.25, 0.3) is 0 Å². The molecule has 3 heterocycles. The Morgan fingerprint density at radius 1 is 1.32 bits per heavy atom. The molecule has 3 aliphatic rings. The van der Waals surface area contributed by atoms with Crippen LogP contribution in [-0.2, 0) is 18.3 Å². The van der Waals surface area contributed by atoms with Crippen molar-refractivity contribution in [1.82, 2.24) is 25.0 Å². The van der Waals surface area contributed by atoms with Crippen LogP contribution in [0.15, 0.2) is 4.99 Å². The molecule has 0 aromatic carbocycles. The number of aryl methyl sites for hydroxylation is 1. The average Bonchev–Trinajstić information content (AvgIpc) is 3.39. The first kappa shape index (κ1) is 16.8. The molecule has 4 rings (SSSR count). The first-order valence-electron chi connectivity index (χ1n) is 9.64. The van der Waals surface area contributed by atoms with Crippen LogP contribution in [-0.4, -0.2) is 58.0 Å². The Morgan fingerprint density at radius 2 is 2.16 bits per heavy atom. The van der Waals surface area contributed by atoms with Crippen LogP contribution >= 0.6 is 0 Å². The van der Waals surface area contributed by atoms with Crippen LogP contribution in [0.1, 0.15) is 50.2 Å². The van der Waals surface area contributed by atoms with Gasteiger partial charge in [0.15, 0.2) is 11.8 Å². The van der Waals surface area contributed by atoms with Crippen molar-refractivity contribution in [3.05, 3.63) is 11.6 Å². The van der Waals surface area contributed by atoms with Gasteiger partial charge in [0.2, 0.25) is 0 Å². The van der Waals surface area contributed by atoms with Crippen LogP contribution in [0.4, 0.5) is 0 Å². The van der Waals surface area contributed by atoms with Gasteiger partial charge in [0, 0.05) is 38.2 Å². The molecule has 2 saturated heterocycles. The number of rotatable bonds is 3. The Labute approximate surface area is 149 Å². The highest BCUT2D eigenvalue weighted by Gasteiger charge is 2.42. The third-order valence-electron chi connectivity index (χ3n) is 6.16. The molecule has 0 radical (unpaired) electrons. The summed E-state index contributed by atoms with van der Waals surface area (Å²) in [7, 11) is 2.00. The minimum absolute atomic E-state index is 0.347. The molecule has 1 aromatic heterocycles. The van der Waals surface area contributed by atoms with Gasteiger partial charge in [-0.05, 0) is 32.6 Å². The zero-order chi connectivity index (χ0) is 17.3. The van der Waals surface area contributed by atoms with Crippen molar-refractivity contribution in [3.8, 4) is 0 Å². The van der Waals surface area contributed by atoms with Crippen molar-refractivity contribution in [2.75, 3.05) is 26.3 Å². The average molecular weight is 346 g/mol. The lowest BCUT2D eigenvalue weighted by atomic mass is 9.87. The van der Waals surface area contributed by atoms with Crippen LogP contribution < -0.4 is 5.32 Å². The molecule has 1 unspecified atom stereocenters. The standard InChI is InChI=1S/C18H30N6O/c1-14-21-22-16(23(14)2)11-19-17(20-15-5-3-4-6-15)24-9-7-18(12-24)8-10-25-13-18/h15H,3-13H2,1-2H3,(H,19,20). The second-order valence-electron chi connectivity index (χ2n) is 7.96. The zero-order valence-corrected chi connectivity index (χ0v) is 15.5. The van der Waals surface area contributed by atoms with Gasteiger partial charge in [-0.25, -0.2) is 4.99 Å². The van der Waals surface area contributed by atoms with Gasteiger partial charge < -0.3 is 19.5 Å². The molecule has 1 atom stereocenters. The van der Waals surface area contributed by atoms with Gasteiger partial charge in [0.1, 0.15) is 12.4 Å². The van der Waals surface area contributed by atoms with Gasteiger partial charge in [-0.15, -0.1) is 10.2 Å². The Hall–Kier alpha value is -1.63. The molecule has 0 bridgehead atoms. The Bertz CT molecular complexity index is 628. The van der Waals surface area contributed by atoms with Gasteiger partial charge in [-0.1, -0.05) is 12.8 Å². The van der Waals surface area contributed by atoms with E-state index in [0.717, 1.165) is 43.9 Å². The summed E-state index contributed by atoms with van der Waals surface area (Å²) in [6.07, 6.45) is 7.55. The Morgan fingerprint density at radius 3 is 2.84 bits per heavy atom. The van der Waals surface area contributed by atoms with Gasteiger partial charge >= 0.3 is 0 Å². The van der Waals surface area contributed by atoms with Crippen molar-refractivity contribution in [3.63, 3.8) is 0 Å². The van der Waals surface area contributed by atoms with Crippen molar-refractivity contribution in [2.24, 2.45) is 17.5 Å². The van der Waals surface area contributed by atoms with Crippen LogP contribution in [0.2, 0.25) is 0 Å². The van der Waals surface area contributed by atoms with E-state index in [0.29, 0.717) is 18.0 Å². The van der Waals surface area contributed by atoms with Crippen LogP contribution in [0.5, 0.6) is 0 Å². The van der Waals surface area contributed by atoms with E-state index < -0.39 is 0 Å². The number of aliphatic imine (C=N–C) groups is 1. The molecular weight excluding hydrogens is 316 g/mol. The van der Waals surface area contributed by atoms with Gasteiger partial charge in [0.25, 0.3) is 0 Å². The van der Waals surface area contributed by atoms with Gasteiger partial charge in [0.05, 0.1) is 6.61 Å². The Kier molecular flexibility index (Phi) is 4.67. The molecule has 7 nitrogen and oxygen atoms in total. The molecule has 1 aliphatic carbocycles. The highest BCUT2D eigenvalue weighted by atomic mass is 16.5. The normalized spacial score (nSPS) is 27.8. The third-order valence-corrected chi connectivity index (χ3v) is 6.16. The van der Waals surface area contributed by atoms with E-state index in [1.54, 1.807) is 0 Å². The topological polar surface area (TPSA) is 67.6 Å². The summed E-state index contributed by atoms with van der Waals surface area (Å²) in [5.74, 6) is 2.90. The molecule has 7 heteroatoms. The smallest absolute Gasteiger partial charge is 0.194 e. The number of ether oxygens (including phenoxy) is 1. The summed E-state index contributed by atoms with van der Waals surface area (Å²) >= 11 is 0. The zero-order valence-electron chi connectivity index (χ0n) is 15.5. The quantitative estimate of drug-likeness (QED) is 0.665. The first-order valence-corrected chi connectivity index (χ1v) is 9.64. The SMILES string of the molecule is Cc1nnc(CN=C(NC2CCCC2)N2CCC3(CCOC3)C2)n1C. The number of hydrogen-bond donors (Lipinski definition) is 1. The highest BCUT2D eigenvalue weighted by Crippen LogP contribution is 2.38. The lowest BCUT2D eigenvalue weighted by Gasteiger charge is -2.27. The number of likely N-dealkylation sites (tertiary alicyclic amines) is 1. The predicted molar refractivity (Wildman–Crippen MR) is 96.3 cm³/mol. The number of nitrogens with one attached hydrogen (secondary N) is 1. The van der Waals surface area contributed by atoms with Crippen molar-refractivity contribution < 1.29 is 4.74 Å². The number of aromatic nitrogens is 3. The lowest BCUT2D eigenvalue weighted by molar-refractivity contribution is 0.156. The molecule has 1 saturated carbocycles. The molecule has 1 spiro atoms. The van der Waals surface area contributed by atoms with E-state index in [1.807, 2.05) is 18.5 Å². The summed E-state index contributed by atoms with van der Waals surface area (Å²) in [5.41, 5.74) is 0.347. The molecule has 2 aliphatic heterocycles. The number of guanidine groups is 1. The maximum absolute atomic E-state index is 5.68. The van der Waals surface area contributed by atoms with Crippen molar-refractivity contribution in [2.45, 2.75) is 58.0 Å². The number of hydrogen-bond acceptors (Lipinski definition) is 4. The van der Waals surface area contributed by atoms with E-state index in [2.05, 4.69) is 20.4 Å². The monoisotopic (exact) mass is 346 g/mol. The molecule has 1 N–H and O–H groups in total. The number of nitrogens with zero attached hydrogens (tertiary/aromatic N) is 5. The fourth-order valence-corrected chi connectivity index (χ4v) is 4.31. The summed E-state index contributed by atoms with van der Waals surface area (Å²) in [5, 5.41) is 12.1. The largest absolute Gasteiger partial charge is 0.381 e. The lowest BCUT2D eigenvalue weighted by Crippen LogP contribution is -2.45. The van der Waals surface area contributed by atoms with Crippen LogP contribution in [0, 0.1) is 12.3 Å². The molecule has 0 amide bonds. The second kappa shape index (κ2) is 6.94. The minimum Gasteiger partial charge on any atom is -0.381 e. The molecule has 1 aromatic rings. The van der Waals surface area contributed by atoms with Crippen LogP contribution in [0.3, 0.4) is 0 Å². The van der Waals surface area contributed by atoms with Crippen molar-refractivity contribution in [1.29, 1.82) is 0 Å². The Balaban J connectivity index is 1.49. The molecule has 138 valence electrons. The fourth-order valence-electron chi connectivity index (χ4n) is 4.31. The maximum atomic E-state index is 5.68. The second-order valence-corrected chi connectivity index (χ2v) is 7.96. The maximum Gasteiger partial charge on any atom is 0.194 e. The predicted octanol–water partition coefficient (Wildman–Crippen LogP) is 1.62. The van der Waals surface area contributed by atoms with E-state index >= 15 is 0 Å². The molecule has 3 fully saturated rings. The summed E-state index contributed by atoms with van der Waals surface area (Å²) in [6, 6.07) is 0.566. The van der Waals surface area contributed by atoms with E-state index in [9.17, 15) is 0 Å². The molecular formula is C18H30N6O. The summed E-state index contributed by atoms with van der Waals surface area (Å²) in [6.45, 7) is 6.50. The highest BCUT2D eigenvalue weighted by molar-refractivity contribution is 5.80. The minimum atomic E-state index is 0.347.